The van der Waals surface area contributed by atoms with Crippen LogP contribution in [0.2, 0.25) is 10.0 Å². The van der Waals surface area contributed by atoms with Crippen LogP contribution >= 0.6 is 23.2 Å². The molecule has 0 bridgehead atoms. The van der Waals surface area contributed by atoms with Crippen LogP contribution in [0.25, 0.3) is 0 Å². The fourth-order valence-corrected chi connectivity index (χ4v) is 3.09. The second-order valence-corrected chi connectivity index (χ2v) is 6.65. The molecular formula is C16H24Cl2N2O. The molecule has 0 saturated carbocycles. The van der Waals surface area contributed by atoms with E-state index in [0.717, 1.165) is 39.1 Å². The van der Waals surface area contributed by atoms with Crippen LogP contribution in [-0.2, 0) is 4.74 Å². The van der Waals surface area contributed by atoms with Gasteiger partial charge in [0.1, 0.15) is 0 Å². The monoisotopic (exact) mass is 330 g/mol. The average Bonchev–Trinajstić information content (AvgIpc) is 2.47. The molecular weight excluding hydrogens is 307 g/mol. The number of hydrogen-bond acceptors (Lipinski definition) is 3. The highest BCUT2D eigenvalue weighted by Crippen LogP contribution is 2.32. The van der Waals surface area contributed by atoms with E-state index in [4.69, 9.17) is 27.9 Å². The van der Waals surface area contributed by atoms with Gasteiger partial charge in [0.25, 0.3) is 0 Å². The number of morpholine rings is 1. The predicted octanol–water partition coefficient (Wildman–Crippen LogP) is 3.41. The molecule has 2 rings (SSSR count). The molecule has 1 aromatic carbocycles. The van der Waals surface area contributed by atoms with Crippen molar-refractivity contribution in [2.75, 3.05) is 40.3 Å². The van der Waals surface area contributed by atoms with E-state index in [1.54, 1.807) is 0 Å². The fourth-order valence-electron chi connectivity index (χ4n) is 2.78. The molecule has 21 heavy (non-hydrogen) atoms. The topological polar surface area (TPSA) is 24.5 Å². The summed E-state index contributed by atoms with van der Waals surface area (Å²) in [5.74, 6) is 0.354. The summed E-state index contributed by atoms with van der Waals surface area (Å²) in [7, 11) is 4.21. The highest BCUT2D eigenvalue weighted by Gasteiger charge is 2.26. The summed E-state index contributed by atoms with van der Waals surface area (Å²) in [6.07, 6.45) is 2.43. The second-order valence-electron chi connectivity index (χ2n) is 5.84. The molecule has 0 aromatic heterocycles. The van der Waals surface area contributed by atoms with Crippen LogP contribution in [0, 0.1) is 0 Å². The van der Waals surface area contributed by atoms with Crippen molar-refractivity contribution < 1.29 is 4.74 Å². The Morgan fingerprint density at radius 3 is 2.76 bits per heavy atom. The number of benzene rings is 1. The molecule has 2 unspecified atom stereocenters. The van der Waals surface area contributed by atoms with Crippen molar-refractivity contribution in [2.24, 2.45) is 0 Å². The lowest BCUT2D eigenvalue weighted by Gasteiger charge is -2.32. The Bertz CT molecular complexity index is 448. The molecule has 0 radical (unpaired) electrons. The molecule has 5 heteroatoms. The van der Waals surface area contributed by atoms with Crippen LogP contribution in [0.3, 0.4) is 0 Å². The number of nitrogens with zero attached hydrogens (tertiary/aromatic N) is 1. The second kappa shape index (κ2) is 8.35. The summed E-state index contributed by atoms with van der Waals surface area (Å²) in [4.78, 5) is 2.21. The van der Waals surface area contributed by atoms with Crippen LogP contribution in [-0.4, -0.2) is 51.3 Å². The van der Waals surface area contributed by atoms with E-state index in [1.807, 2.05) is 12.1 Å². The van der Waals surface area contributed by atoms with Gasteiger partial charge in [-0.15, -0.1) is 0 Å². The smallest absolute Gasteiger partial charge is 0.0768 e. The Morgan fingerprint density at radius 2 is 2.14 bits per heavy atom. The van der Waals surface area contributed by atoms with Crippen LogP contribution in [0.1, 0.15) is 24.3 Å². The summed E-state index contributed by atoms with van der Waals surface area (Å²) in [5.41, 5.74) is 1.22. The third-order valence-corrected chi connectivity index (χ3v) is 4.64. The standard InChI is InChI=1S/C16H24Cl2N2O/c1-20(2)8-3-4-13(16-11-19-7-9-21-16)12-5-6-14(17)15(18)10-12/h5-6,10,13,16,19H,3-4,7-9,11H2,1-2H3. The minimum Gasteiger partial charge on any atom is -0.375 e. The Labute approximate surface area is 137 Å². The summed E-state index contributed by atoms with van der Waals surface area (Å²) >= 11 is 12.2. The van der Waals surface area contributed by atoms with Gasteiger partial charge in [-0.3, -0.25) is 0 Å². The lowest BCUT2D eigenvalue weighted by atomic mass is 9.88. The van der Waals surface area contributed by atoms with Crippen LogP contribution in [0.4, 0.5) is 0 Å². The van der Waals surface area contributed by atoms with Gasteiger partial charge in [0, 0.05) is 19.0 Å². The number of nitrogens with one attached hydrogen (secondary N) is 1. The molecule has 1 N–H and O–H groups in total. The van der Waals surface area contributed by atoms with Crippen LogP contribution in [0.5, 0.6) is 0 Å². The molecule has 1 heterocycles. The van der Waals surface area contributed by atoms with Gasteiger partial charge in [0.2, 0.25) is 0 Å². The maximum absolute atomic E-state index is 6.18. The minimum absolute atomic E-state index is 0.207. The summed E-state index contributed by atoms with van der Waals surface area (Å²) in [6, 6.07) is 5.95. The Hall–Kier alpha value is -0.320. The first-order valence-corrected chi connectivity index (χ1v) is 8.25. The fraction of sp³-hybridized carbons (Fsp3) is 0.625. The Balaban J connectivity index is 2.11. The van der Waals surface area contributed by atoms with Gasteiger partial charge in [-0.2, -0.15) is 0 Å². The first-order chi connectivity index (χ1) is 10.1. The van der Waals surface area contributed by atoms with E-state index in [0.29, 0.717) is 16.0 Å². The zero-order valence-electron chi connectivity index (χ0n) is 12.7. The van der Waals surface area contributed by atoms with E-state index < -0.39 is 0 Å². The maximum Gasteiger partial charge on any atom is 0.0768 e. The van der Waals surface area contributed by atoms with E-state index in [2.05, 4.69) is 30.4 Å². The molecule has 1 aliphatic heterocycles. The van der Waals surface area contributed by atoms with Crippen molar-refractivity contribution in [2.45, 2.75) is 24.9 Å². The SMILES string of the molecule is CN(C)CCCC(c1ccc(Cl)c(Cl)c1)C1CNCCO1. The first-order valence-electron chi connectivity index (χ1n) is 7.50. The maximum atomic E-state index is 6.18. The molecule has 1 aliphatic rings. The van der Waals surface area contributed by atoms with Gasteiger partial charge in [0.15, 0.2) is 0 Å². The highest BCUT2D eigenvalue weighted by atomic mass is 35.5. The van der Waals surface area contributed by atoms with Crippen LogP contribution in [0.15, 0.2) is 18.2 Å². The molecule has 0 amide bonds. The van der Waals surface area contributed by atoms with Gasteiger partial charge < -0.3 is 15.0 Å². The van der Waals surface area contributed by atoms with Crippen molar-refractivity contribution >= 4 is 23.2 Å². The quantitative estimate of drug-likeness (QED) is 0.865. The molecule has 1 saturated heterocycles. The van der Waals surface area contributed by atoms with E-state index >= 15 is 0 Å². The molecule has 0 spiro atoms. The van der Waals surface area contributed by atoms with Crippen molar-refractivity contribution in [1.82, 2.24) is 10.2 Å². The van der Waals surface area contributed by atoms with E-state index in [1.165, 1.54) is 5.56 Å². The van der Waals surface area contributed by atoms with Crippen LogP contribution < -0.4 is 5.32 Å². The molecule has 2 atom stereocenters. The summed E-state index contributed by atoms with van der Waals surface area (Å²) in [5, 5.41) is 4.64. The lowest BCUT2D eigenvalue weighted by molar-refractivity contribution is 0.00860. The third kappa shape index (κ3) is 5.11. The first kappa shape index (κ1) is 17.0. The van der Waals surface area contributed by atoms with Gasteiger partial charge >= 0.3 is 0 Å². The zero-order valence-corrected chi connectivity index (χ0v) is 14.3. The Kier molecular flexibility index (Phi) is 6.77. The van der Waals surface area contributed by atoms with Crippen molar-refractivity contribution in [3.8, 4) is 0 Å². The number of rotatable bonds is 6. The molecule has 118 valence electrons. The third-order valence-electron chi connectivity index (χ3n) is 3.90. The normalized spacial score (nSPS) is 20.7. The number of halogens is 2. The molecule has 1 fully saturated rings. The van der Waals surface area contributed by atoms with Crippen molar-refractivity contribution in [1.29, 1.82) is 0 Å². The van der Waals surface area contributed by atoms with Gasteiger partial charge in [0.05, 0.1) is 22.8 Å². The van der Waals surface area contributed by atoms with E-state index in [-0.39, 0.29) is 6.10 Å². The van der Waals surface area contributed by atoms with Crippen molar-refractivity contribution in [3.05, 3.63) is 33.8 Å². The summed E-state index contributed by atoms with van der Waals surface area (Å²) < 4.78 is 5.97. The largest absolute Gasteiger partial charge is 0.375 e. The molecule has 3 nitrogen and oxygen atoms in total. The number of ether oxygens (including phenoxy) is 1. The minimum atomic E-state index is 0.207. The molecule has 0 aliphatic carbocycles. The predicted molar refractivity (Wildman–Crippen MR) is 89.6 cm³/mol. The number of hydrogen-bond donors (Lipinski definition) is 1. The Morgan fingerprint density at radius 1 is 1.33 bits per heavy atom. The van der Waals surface area contributed by atoms with E-state index in [9.17, 15) is 0 Å². The highest BCUT2D eigenvalue weighted by molar-refractivity contribution is 6.42. The average molecular weight is 331 g/mol. The van der Waals surface area contributed by atoms with Gasteiger partial charge in [-0.1, -0.05) is 29.3 Å². The molecule has 1 aromatic rings. The van der Waals surface area contributed by atoms with Gasteiger partial charge in [-0.25, -0.2) is 0 Å². The zero-order chi connectivity index (χ0) is 15.2. The van der Waals surface area contributed by atoms with Crippen molar-refractivity contribution in [3.63, 3.8) is 0 Å². The lowest BCUT2D eigenvalue weighted by Crippen LogP contribution is -2.42. The summed E-state index contributed by atoms with van der Waals surface area (Å²) in [6.45, 7) is 3.68. The van der Waals surface area contributed by atoms with Gasteiger partial charge in [-0.05, 0) is 51.2 Å².